The first-order valence-electron chi connectivity index (χ1n) is 9.37. The minimum absolute atomic E-state index is 0.115. The first-order valence-corrected chi connectivity index (χ1v) is 9.37. The molecule has 148 valence electrons. The number of nitrogens with one attached hydrogen (secondary N) is 1. The predicted molar refractivity (Wildman–Crippen MR) is 104 cm³/mol. The van der Waals surface area contributed by atoms with Gasteiger partial charge in [-0.3, -0.25) is 4.90 Å². The highest BCUT2D eigenvalue weighted by molar-refractivity contribution is 5.89. The predicted octanol–water partition coefficient (Wildman–Crippen LogP) is 2.43. The number of amides is 2. The van der Waals surface area contributed by atoms with Gasteiger partial charge in [-0.25, -0.2) is 9.78 Å². The van der Waals surface area contributed by atoms with Gasteiger partial charge in [0.05, 0.1) is 38.2 Å². The van der Waals surface area contributed by atoms with E-state index < -0.39 is 0 Å². The summed E-state index contributed by atoms with van der Waals surface area (Å²) >= 11 is 0. The SMILES string of the molecule is COc1ccc(Oc2ccc(NC(=O)N3CCN4CCOCC4C3)cn2)cc1. The van der Waals surface area contributed by atoms with Crippen molar-refractivity contribution in [2.24, 2.45) is 0 Å². The Hall–Kier alpha value is -2.84. The largest absolute Gasteiger partial charge is 0.497 e. The molecular formula is C20H24N4O4. The highest BCUT2D eigenvalue weighted by atomic mass is 16.5. The molecule has 0 aliphatic carbocycles. The van der Waals surface area contributed by atoms with E-state index in [1.807, 2.05) is 29.2 Å². The fourth-order valence-corrected chi connectivity index (χ4v) is 3.41. The lowest BCUT2D eigenvalue weighted by Gasteiger charge is -2.43. The molecule has 4 rings (SSSR count). The molecule has 0 saturated carbocycles. The molecule has 2 aliphatic rings. The van der Waals surface area contributed by atoms with Crippen LogP contribution < -0.4 is 14.8 Å². The lowest BCUT2D eigenvalue weighted by atomic mass is 10.1. The number of piperazine rings is 1. The zero-order valence-electron chi connectivity index (χ0n) is 15.8. The van der Waals surface area contributed by atoms with Gasteiger partial charge in [0.15, 0.2) is 0 Å². The van der Waals surface area contributed by atoms with E-state index in [4.69, 9.17) is 14.2 Å². The maximum Gasteiger partial charge on any atom is 0.321 e. The maximum atomic E-state index is 12.6. The molecule has 1 aromatic heterocycles. The van der Waals surface area contributed by atoms with Crippen LogP contribution in [0.25, 0.3) is 0 Å². The van der Waals surface area contributed by atoms with Gasteiger partial charge in [-0.05, 0) is 30.3 Å². The Bertz CT molecular complexity index is 797. The second-order valence-electron chi connectivity index (χ2n) is 6.80. The van der Waals surface area contributed by atoms with Gasteiger partial charge in [0.1, 0.15) is 11.5 Å². The molecule has 2 aromatic rings. The summed E-state index contributed by atoms with van der Waals surface area (Å²) in [6.45, 7) is 4.68. The van der Waals surface area contributed by atoms with E-state index in [2.05, 4.69) is 15.2 Å². The van der Waals surface area contributed by atoms with Crippen molar-refractivity contribution < 1.29 is 19.0 Å². The molecular weight excluding hydrogens is 360 g/mol. The summed E-state index contributed by atoms with van der Waals surface area (Å²) in [6, 6.07) is 10.9. The number of hydrogen-bond donors (Lipinski definition) is 1. The molecule has 1 N–H and O–H groups in total. The molecule has 3 heterocycles. The Morgan fingerprint density at radius 1 is 1.14 bits per heavy atom. The smallest absolute Gasteiger partial charge is 0.321 e. The van der Waals surface area contributed by atoms with Gasteiger partial charge in [0, 0.05) is 32.2 Å². The second-order valence-corrected chi connectivity index (χ2v) is 6.80. The number of carbonyl (C=O) groups excluding carboxylic acids is 1. The quantitative estimate of drug-likeness (QED) is 0.873. The van der Waals surface area contributed by atoms with Gasteiger partial charge in [-0.2, -0.15) is 0 Å². The molecule has 8 heteroatoms. The minimum atomic E-state index is -0.115. The van der Waals surface area contributed by atoms with Gasteiger partial charge in [0.2, 0.25) is 5.88 Å². The number of urea groups is 1. The number of anilines is 1. The summed E-state index contributed by atoms with van der Waals surface area (Å²) in [5.41, 5.74) is 0.634. The summed E-state index contributed by atoms with van der Waals surface area (Å²) in [7, 11) is 1.62. The number of carbonyl (C=O) groups is 1. The normalized spacial score (nSPS) is 19.6. The van der Waals surface area contributed by atoms with E-state index in [1.165, 1.54) is 0 Å². The molecule has 8 nitrogen and oxygen atoms in total. The van der Waals surface area contributed by atoms with Crippen LogP contribution >= 0.6 is 0 Å². The monoisotopic (exact) mass is 384 g/mol. The summed E-state index contributed by atoms with van der Waals surface area (Å²) in [5.74, 6) is 1.88. The topological polar surface area (TPSA) is 76.2 Å². The fourth-order valence-electron chi connectivity index (χ4n) is 3.41. The summed E-state index contributed by atoms with van der Waals surface area (Å²) in [4.78, 5) is 21.0. The Balaban J connectivity index is 1.31. The third-order valence-corrected chi connectivity index (χ3v) is 4.99. The van der Waals surface area contributed by atoms with Crippen LogP contribution in [0.5, 0.6) is 17.4 Å². The Morgan fingerprint density at radius 2 is 1.96 bits per heavy atom. The molecule has 28 heavy (non-hydrogen) atoms. The van der Waals surface area contributed by atoms with Crippen LogP contribution in [0.1, 0.15) is 0 Å². The molecule has 0 radical (unpaired) electrons. The van der Waals surface area contributed by atoms with Crippen LogP contribution in [0.4, 0.5) is 10.5 Å². The van der Waals surface area contributed by atoms with Crippen molar-refractivity contribution in [1.29, 1.82) is 0 Å². The number of hydrogen-bond acceptors (Lipinski definition) is 6. The first kappa shape index (κ1) is 18.5. The van der Waals surface area contributed by atoms with Gasteiger partial charge in [-0.15, -0.1) is 0 Å². The number of benzene rings is 1. The number of ether oxygens (including phenoxy) is 3. The number of nitrogens with zero attached hydrogens (tertiary/aromatic N) is 3. The van der Waals surface area contributed by atoms with Crippen molar-refractivity contribution in [1.82, 2.24) is 14.8 Å². The van der Waals surface area contributed by atoms with Crippen molar-refractivity contribution in [2.45, 2.75) is 6.04 Å². The Labute approximate surface area is 164 Å². The highest BCUT2D eigenvalue weighted by Crippen LogP contribution is 2.23. The molecule has 0 bridgehead atoms. The molecule has 2 amide bonds. The number of fused-ring (bicyclic) bond motifs is 1. The van der Waals surface area contributed by atoms with Gasteiger partial charge >= 0.3 is 6.03 Å². The maximum absolute atomic E-state index is 12.6. The lowest BCUT2D eigenvalue weighted by molar-refractivity contribution is -0.0355. The molecule has 0 spiro atoms. The lowest BCUT2D eigenvalue weighted by Crippen LogP contribution is -2.59. The van der Waals surface area contributed by atoms with Crippen LogP contribution in [0.3, 0.4) is 0 Å². The Kier molecular flexibility index (Phi) is 5.59. The highest BCUT2D eigenvalue weighted by Gasteiger charge is 2.31. The average Bonchev–Trinajstić information content (AvgIpc) is 2.75. The van der Waals surface area contributed by atoms with Crippen LogP contribution in [0, 0.1) is 0 Å². The summed E-state index contributed by atoms with van der Waals surface area (Å²) in [6.07, 6.45) is 1.59. The third kappa shape index (κ3) is 4.35. The van der Waals surface area contributed by atoms with E-state index in [0.717, 1.165) is 25.4 Å². The Morgan fingerprint density at radius 3 is 2.71 bits per heavy atom. The van der Waals surface area contributed by atoms with Crippen molar-refractivity contribution in [2.75, 3.05) is 51.8 Å². The van der Waals surface area contributed by atoms with Crippen LogP contribution in [0.2, 0.25) is 0 Å². The summed E-state index contributed by atoms with van der Waals surface area (Å²) in [5, 5.41) is 2.91. The fraction of sp³-hybridized carbons (Fsp3) is 0.400. The number of methoxy groups -OCH3 is 1. The molecule has 1 atom stereocenters. The van der Waals surface area contributed by atoms with E-state index >= 15 is 0 Å². The zero-order valence-corrected chi connectivity index (χ0v) is 15.8. The standard InChI is InChI=1S/C20H24N4O4/c1-26-17-3-5-18(6-4-17)28-19-7-2-15(12-21-19)22-20(25)24-9-8-23-10-11-27-14-16(23)13-24/h2-7,12,16H,8-11,13-14H2,1H3,(H,22,25). The minimum Gasteiger partial charge on any atom is -0.497 e. The van der Waals surface area contributed by atoms with E-state index in [0.29, 0.717) is 37.0 Å². The van der Waals surface area contributed by atoms with Gasteiger partial charge < -0.3 is 24.4 Å². The molecule has 2 fully saturated rings. The van der Waals surface area contributed by atoms with Crippen molar-refractivity contribution in [3.8, 4) is 17.4 Å². The number of aromatic nitrogens is 1. The van der Waals surface area contributed by atoms with Crippen LogP contribution in [-0.4, -0.2) is 73.4 Å². The molecule has 2 aliphatic heterocycles. The van der Waals surface area contributed by atoms with Gasteiger partial charge in [-0.1, -0.05) is 0 Å². The molecule has 1 unspecified atom stereocenters. The van der Waals surface area contributed by atoms with E-state index in [-0.39, 0.29) is 12.1 Å². The first-order chi connectivity index (χ1) is 13.7. The zero-order chi connectivity index (χ0) is 19.3. The van der Waals surface area contributed by atoms with Crippen LogP contribution in [-0.2, 0) is 4.74 Å². The van der Waals surface area contributed by atoms with Crippen molar-refractivity contribution in [3.63, 3.8) is 0 Å². The van der Waals surface area contributed by atoms with Crippen molar-refractivity contribution >= 4 is 11.7 Å². The van der Waals surface area contributed by atoms with Crippen molar-refractivity contribution in [3.05, 3.63) is 42.6 Å². The van der Waals surface area contributed by atoms with E-state index in [1.54, 1.807) is 25.4 Å². The molecule has 2 saturated heterocycles. The number of morpholine rings is 1. The number of rotatable bonds is 4. The van der Waals surface area contributed by atoms with Crippen LogP contribution in [0.15, 0.2) is 42.6 Å². The number of pyridine rings is 1. The summed E-state index contributed by atoms with van der Waals surface area (Å²) < 4.78 is 16.4. The third-order valence-electron chi connectivity index (χ3n) is 4.99. The molecule has 1 aromatic carbocycles. The average molecular weight is 384 g/mol. The van der Waals surface area contributed by atoms with E-state index in [9.17, 15) is 4.79 Å². The second kappa shape index (κ2) is 8.45. The van der Waals surface area contributed by atoms with Gasteiger partial charge in [0.25, 0.3) is 0 Å².